The van der Waals surface area contributed by atoms with E-state index in [0.717, 1.165) is 36.1 Å². The van der Waals surface area contributed by atoms with Crippen molar-refractivity contribution in [1.29, 1.82) is 0 Å². The van der Waals surface area contributed by atoms with Crippen LogP contribution in [0.3, 0.4) is 0 Å². The first-order valence-corrected chi connectivity index (χ1v) is 12.6. The zero-order valence-electron chi connectivity index (χ0n) is 17.3. The van der Waals surface area contributed by atoms with Gasteiger partial charge in [0.2, 0.25) is 10.0 Å². The van der Waals surface area contributed by atoms with Gasteiger partial charge in [-0.1, -0.05) is 0 Å². The lowest BCUT2D eigenvalue weighted by molar-refractivity contribution is -0.144. The van der Waals surface area contributed by atoms with Gasteiger partial charge in [-0.15, -0.1) is 11.3 Å². The minimum absolute atomic E-state index is 0.0103. The molecule has 3 aromatic rings. The van der Waals surface area contributed by atoms with Crippen LogP contribution < -0.4 is 15.4 Å². The highest BCUT2D eigenvalue weighted by Crippen LogP contribution is 2.33. The fourth-order valence-corrected chi connectivity index (χ4v) is 5.46. The lowest BCUT2D eigenvalue weighted by atomic mass is 9.97. The number of ether oxygens (including phenoxy) is 2. The third-order valence-electron chi connectivity index (χ3n) is 5.21. The fraction of sp³-hybridized carbons (Fsp3) is 0.381. The third-order valence-corrected chi connectivity index (χ3v) is 7.32. The van der Waals surface area contributed by atoms with E-state index in [9.17, 15) is 18.0 Å². The van der Waals surface area contributed by atoms with Gasteiger partial charge in [0, 0.05) is 11.3 Å². The molecular formula is C21H23N3O6S2. The van der Waals surface area contributed by atoms with Gasteiger partial charge in [-0.2, -0.15) is 0 Å². The largest absolute Gasteiger partial charge is 0.490 e. The number of nitrogens with one attached hydrogen (secondary N) is 1. The Balaban J connectivity index is 1.25. The maximum atomic E-state index is 12.5. The molecule has 0 saturated heterocycles. The van der Waals surface area contributed by atoms with E-state index in [1.54, 1.807) is 11.3 Å². The molecule has 9 nitrogen and oxygen atoms in total. The molecule has 0 radical (unpaired) electrons. The Morgan fingerprint density at radius 1 is 1.16 bits per heavy atom. The molecule has 0 unspecified atom stereocenters. The van der Waals surface area contributed by atoms with Crippen molar-refractivity contribution in [2.75, 3.05) is 13.2 Å². The average Bonchev–Trinajstić information content (AvgIpc) is 3.14. The highest BCUT2D eigenvalue weighted by atomic mass is 32.2. The summed E-state index contributed by atoms with van der Waals surface area (Å²) in [6.45, 7) is 0.151. The van der Waals surface area contributed by atoms with Crippen molar-refractivity contribution >= 4 is 37.5 Å². The van der Waals surface area contributed by atoms with Crippen LogP contribution >= 0.6 is 11.3 Å². The van der Waals surface area contributed by atoms with Crippen LogP contribution in [0.5, 0.6) is 5.75 Å². The number of carbonyl (C=O) groups is 1. The summed E-state index contributed by atoms with van der Waals surface area (Å²) in [5, 5.41) is 5.74. The summed E-state index contributed by atoms with van der Waals surface area (Å²) in [6, 6.07) is 5.63. The van der Waals surface area contributed by atoms with E-state index < -0.39 is 16.0 Å². The molecular weight excluding hydrogens is 454 g/mol. The van der Waals surface area contributed by atoms with E-state index in [2.05, 4.69) is 9.97 Å². The molecule has 3 N–H and O–H groups in total. The van der Waals surface area contributed by atoms with Crippen LogP contribution in [0, 0.1) is 0 Å². The zero-order valence-corrected chi connectivity index (χ0v) is 18.9. The van der Waals surface area contributed by atoms with E-state index in [1.807, 2.05) is 0 Å². The molecule has 4 rings (SSSR count). The van der Waals surface area contributed by atoms with Crippen molar-refractivity contribution in [3.8, 4) is 5.75 Å². The quantitative estimate of drug-likeness (QED) is 0.374. The van der Waals surface area contributed by atoms with E-state index in [0.29, 0.717) is 17.0 Å². The number of aromatic amines is 1. The molecule has 2 heterocycles. The second kappa shape index (κ2) is 9.39. The summed E-state index contributed by atoms with van der Waals surface area (Å²) >= 11 is 1.58. The number of hydrogen-bond acceptors (Lipinski definition) is 8. The number of thiophene rings is 1. The molecule has 0 amide bonds. The molecule has 0 fully saturated rings. The summed E-state index contributed by atoms with van der Waals surface area (Å²) in [6.07, 6.45) is 4.52. The standard InChI is InChI=1S/C21H23N3O6S2/c22-32(27,28)14-7-5-13(6-8-14)29-11-12-30-18(25)10-9-17-23-20(26)19-15-3-1-2-4-16(15)31-21(19)24-17/h5-8H,1-4,9-12H2,(H2,22,27,28)(H,23,24,26). The maximum absolute atomic E-state index is 12.5. The fourth-order valence-electron chi connectivity index (χ4n) is 3.66. The normalized spacial score (nSPS) is 13.7. The van der Waals surface area contributed by atoms with Gasteiger partial charge in [0.1, 0.15) is 29.6 Å². The molecule has 170 valence electrons. The van der Waals surface area contributed by atoms with Gasteiger partial charge < -0.3 is 14.5 Å². The van der Waals surface area contributed by atoms with Crippen molar-refractivity contribution in [3.63, 3.8) is 0 Å². The highest BCUT2D eigenvalue weighted by molar-refractivity contribution is 7.89. The Hall–Kier alpha value is -2.76. The minimum Gasteiger partial charge on any atom is -0.490 e. The first-order valence-electron chi connectivity index (χ1n) is 10.3. The molecule has 32 heavy (non-hydrogen) atoms. The molecule has 1 aliphatic rings. The van der Waals surface area contributed by atoms with Crippen molar-refractivity contribution in [1.82, 2.24) is 9.97 Å². The Morgan fingerprint density at radius 2 is 1.91 bits per heavy atom. The number of sulfonamides is 1. The number of aryl methyl sites for hydroxylation is 3. The Labute approximate surface area is 188 Å². The molecule has 0 atom stereocenters. The highest BCUT2D eigenvalue weighted by Gasteiger charge is 2.20. The molecule has 1 aliphatic carbocycles. The van der Waals surface area contributed by atoms with Gasteiger partial charge in [-0.05, 0) is 55.5 Å². The second-order valence-electron chi connectivity index (χ2n) is 7.49. The number of nitrogens with two attached hydrogens (primary N) is 1. The molecule has 0 spiro atoms. The van der Waals surface area contributed by atoms with E-state index >= 15 is 0 Å². The lowest BCUT2D eigenvalue weighted by Gasteiger charge is -2.09. The van der Waals surface area contributed by atoms with Crippen molar-refractivity contribution in [2.45, 2.75) is 43.4 Å². The maximum Gasteiger partial charge on any atom is 0.306 e. The molecule has 11 heteroatoms. The van der Waals surface area contributed by atoms with Crippen LogP contribution in [-0.2, 0) is 38.8 Å². The second-order valence-corrected chi connectivity index (χ2v) is 10.1. The Kier molecular flexibility index (Phi) is 6.58. The van der Waals surface area contributed by atoms with Gasteiger partial charge in [0.05, 0.1) is 16.7 Å². The van der Waals surface area contributed by atoms with Gasteiger partial charge in [-0.3, -0.25) is 9.59 Å². The van der Waals surface area contributed by atoms with Crippen LogP contribution in [0.25, 0.3) is 10.2 Å². The van der Waals surface area contributed by atoms with Crippen molar-refractivity contribution < 1.29 is 22.7 Å². The molecule has 0 saturated carbocycles. The number of benzene rings is 1. The zero-order chi connectivity index (χ0) is 22.7. The van der Waals surface area contributed by atoms with Crippen molar-refractivity contribution in [2.24, 2.45) is 5.14 Å². The van der Waals surface area contributed by atoms with E-state index in [1.165, 1.54) is 29.1 Å². The summed E-state index contributed by atoms with van der Waals surface area (Å²) in [7, 11) is -3.75. The lowest BCUT2D eigenvalue weighted by Crippen LogP contribution is -2.16. The topological polar surface area (TPSA) is 141 Å². The summed E-state index contributed by atoms with van der Waals surface area (Å²) in [5.41, 5.74) is 0.995. The number of aromatic nitrogens is 2. The predicted molar refractivity (Wildman–Crippen MR) is 119 cm³/mol. The molecule has 2 aromatic heterocycles. The summed E-state index contributed by atoms with van der Waals surface area (Å²) < 4.78 is 33.0. The van der Waals surface area contributed by atoms with Crippen LogP contribution in [0.1, 0.15) is 35.5 Å². The van der Waals surface area contributed by atoms with Crippen LogP contribution in [0.15, 0.2) is 34.0 Å². The number of fused-ring (bicyclic) bond motifs is 3. The van der Waals surface area contributed by atoms with Gasteiger partial charge in [-0.25, -0.2) is 18.5 Å². The van der Waals surface area contributed by atoms with Crippen LogP contribution in [0.4, 0.5) is 0 Å². The van der Waals surface area contributed by atoms with Gasteiger partial charge in [0.25, 0.3) is 5.56 Å². The summed E-state index contributed by atoms with van der Waals surface area (Å²) in [4.78, 5) is 33.9. The minimum atomic E-state index is -3.75. The predicted octanol–water partition coefficient (Wildman–Crippen LogP) is 2.07. The average molecular weight is 478 g/mol. The third kappa shape index (κ3) is 5.17. The molecule has 1 aromatic carbocycles. The van der Waals surface area contributed by atoms with Crippen LogP contribution in [-0.4, -0.2) is 37.6 Å². The first-order chi connectivity index (χ1) is 15.3. The van der Waals surface area contributed by atoms with Crippen molar-refractivity contribution in [3.05, 3.63) is 50.9 Å². The van der Waals surface area contributed by atoms with E-state index in [-0.39, 0.29) is 36.5 Å². The molecule has 0 bridgehead atoms. The van der Waals surface area contributed by atoms with Gasteiger partial charge >= 0.3 is 5.97 Å². The molecule has 0 aliphatic heterocycles. The SMILES string of the molecule is NS(=O)(=O)c1ccc(OCCOC(=O)CCc2nc3sc4c(c3c(=O)[nH]2)CCCC4)cc1. The number of nitrogens with zero attached hydrogens (tertiary/aromatic N) is 1. The van der Waals surface area contributed by atoms with Crippen LogP contribution in [0.2, 0.25) is 0 Å². The Bertz CT molecular complexity index is 1300. The van der Waals surface area contributed by atoms with E-state index in [4.69, 9.17) is 14.6 Å². The number of carbonyl (C=O) groups excluding carboxylic acids is 1. The smallest absolute Gasteiger partial charge is 0.306 e. The number of rotatable bonds is 8. The van der Waals surface area contributed by atoms with Gasteiger partial charge in [0.15, 0.2) is 0 Å². The number of primary sulfonamides is 1. The summed E-state index contributed by atoms with van der Waals surface area (Å²) in [5.74, 6) is 0.484. The number of hydrogen-bond donors (Lipinski definition) is 2. The monoisotopic (exact) mass is 477 g/mol. The number of esters is 1. The number of H-pyrrole nitrogens is 1. The first kappa shape index (κ1) is 22.4. The Morgan fingerprint density at radius 3 is 2.66 bits per heavy atom.